The normalized spacial score (nSPS) is 10.9. The summed E-state index contributed by atoms with van der Waals surface area (Å²) in [5.41, 5.74) is 8.66. The van der Waals surface area contributed by atoms with Crippen molar-refractivity contribution in [1.82, 2.24) is 14.5 Å². The number of fused-ring (bicyclic) bond motifs is 1. The van der Waals surface area contributed by atoms with Gasteiger partial charge in [-0.05, 0) is 28.5 Å². The number of pyridine rings is 1. The van der Waals surface area contributed by atoms with Crippen molar-refractivity contribution < 1.29 is 4.74 Å². The number of methoxy groups -OCH3 is 1. The van der Waals surface area contributed by atoms with Gasteiger partial charge in [0.1, 0.15) is 5.52 Å². The van der Waals surface area contributed by atoms with E-state index in [1.807, 2.05) is 16.0 Å². The van der Waals surface area contributed by atoms with Crippen LogP contribution in [0.5, 0.6) is 5.88 Å². The van der Waals surface area contributed by atoms with Crippen LogP contribution < -0.4 is 10.5 Å². The molecule has 0 saturated heterocycles. The number of nitrogens with two attached hydrogens (primary N) is 1. The van der Waals surface area contributed by atoms with E-state index in [-0.39, 0.29) is 0 Å². The number of hydrogen-bond acceptors (Lipinski definition) is 5. The molecule has 3 aromatic rings. The summed E-state index contributed by atoms with van der Waals surface area (Å²) < 4.78 is 7.02. The van der Waals surface area contributed by atoms with Gasteiger partial charge in [-0.15, -0.1) is 0 Å². The van der Waals surface area contributed by atoms with Crippen LogP contribution in [0.2, 0.25) is 0 Å². The molecule has 0 radical (unpaired) electrons. The van der Waals surface area contributed by atoms with Crippen molar-refractivity contribution >= 4 is 28.4 Å². The number of nitrogen functional groups attached to an aromatic ring is 1. The van der Waals surface area contributed by atoms with Crippen LogP contribution >= 0.6 is 11.3 Å². The van der Waals surface area contributed by atoms with Crippen LogP contribution in [0.1, 0.15) is 5.56 Å². The van der Waals surface area contributed by atoms with Gasteiger partial charge in [0, 0.05) is 6.07 Å². The van der Waals surface area contributed by atoms with Crippen LogP contribution in [0.25, 0.3) is 11.2 Å². The van der Waals surface area contributed by atoms with Gasteiger partial charge in [0.25, 0.3) is 0 Å². The maximum atomic E-state index is 5.94. The van der Waals surface area contributed by atoms with Crippen molar-refractivity contribution in [2.75, 3.05) is 12.8 Å². The zero-order chi connectivity index (χ0) is 12.5. The number of aromatic nitrogens is 3. The molecule has 0 unspecified atom stereocenters. The molecule has 2 N–H and O–H groups in total. The van der Waals surface area contributed by atoms with Gasteiger partial charge in [-0.25, -0.2) is 4.98 Å². The standard InChI is InChI=1S/C12H12N4OS/c1-17-10-3-2-9-11(15-10)16(12(13)14-9)6-8-4-5-18-7-8/h2-5,7H,6H2,1H3,(H2,13,14). The molecule has 0 saturated carbocycles. The Morgan fingerprint density at radius 1 is 1.33 bits per heavy atom. The molecule has 0 bridgehead atoms. The Labute approximate surface area is 108 Å². The van der Waals surface area contributed by atoms with Gasteiger partial charge < -0.3 is 10.5 Å². The number of rotatable bonds is 3. The van der Waals surface area contributed by atoms with E-state index in [2.05, 4.69) is 21.4 Å². The average molecular weight is 260 g/mol. The van der Waals surface area contributed by atoms with Gasteiger partial charge in [-0.3, -0.25) is 4.57 Å². The lowest BCUT2D eigenvalue weighted by atomic mass is 10.3. The minimum atomic E-state index is 0.469. The van der Waals surface area contributed by atoms with Crippen molar-refractivity contribution in [3.8, 4) is 5.88 Å². The first-order valence-electron chi connectivity index (χ1n) is 5.46. The molecule has 0 spiro atoms. The number of ether oxygens (including phenoxy) is 1. The van der Waals surface area contributed by atoms with Crippen molar-refractivity contribution in [2.45, 2.75) is 6.54 Å². The molecular weight excluding hydrogens is 248 g/mol. The van der Waals surface area contributed by atoms with Crippen LogP contribution in [-0.4, -0.2) is 21.6 Å². The predicted molar refractivity (Wildman–Crippen MR) is 71.9 cm³/mol. The van der Waals surface area contributed by atoms with E-state index >= 15 is 0 Å². The van der Waals surface area contributed by atoms with Crippen LogP contribution in [0.3, 0.4) is 0 Å². The minimum absolute atomic E-state index is 0.469. The summed E-state index contributed by atoms with van der Waals surface area (Å²) in [6, 6.07) is 5.71. The molecule has 92 valence electrons. The topological polar surface area (TPSA) is 66.0 Å². The summed E-state index contributed by atoms with van der Waals surface area (Å²) in [6.07, 6.45) is 0. The maximum absolute atomic E-state index is 5.94. The fraction of sp³-hybridized carbons (Fsp3) is 0.167. The van der Waals surface area contributed by atoms with Crippen molar-refractivity contribution in [2.24, 2.45) is 0 Å². The molecule has 3 heterocycles. The number of nitrogens with zero attached hydrogens (tertiary/aromatic N) is 3. The second-order valence-electron chi connectivity index (χ2n) is 3.88. The highest BCUT2D eigenvalue weighted by Crippen LogP contribution is 2.21. The second kappa shape index (κ2) is 4.30. The highest BCUT2D eigenvalue weighted by molar-refractivity contribution is 7.07. The Balaban J connectivity index is 2.11. The largest absolute Gasteiger partial charge is 0.481 e. The first kappa shape index (κ1) is 11.0. The number of imidazole rings is 1. The zero-order valence-electron chi connectivity index (χ0n) is 9.83. The van der Waals surface area contributed by atoms with E-state index < -0.39 is 0 Å². The van der Waals surface area contributed by atoms with E-state index in [1.165, 1.54) is 5.56 Å². The highest BCUT2D eigenvalue weighted by atomic mass is 32.1. The molecule has 0 fully saturated rings. The highest BCUT2D eigenvalue weighted by Gasteiger charge is 2.11. The van der Waals surface area contributed by atoms with Gasteiger partial charge in [-0.2, -0.15) is 16.3 Å². The number of hydrogen-bond donors (Lipinski definition) is 1. The summed E-state index contributed by atoms with van der Waals surface area (Å²) >= 11 is 1.66. The van der Waals surface area contributed by atoms with Crippen molar-refractivity contribution in [3.63, 3.8) is 0 Å². The minimum Gasteiger partial charge on any atom is -0.481 e. The summed E-state index contributed by atoms with van der Waals surface area (Å²) in [5.74, 6) is 1.03. The predicted octanol–water partition coefficient (Wildman–Crippen LogP) is 2.13. The van der Waals surface area contributed by atoms with Gasteiger partial charge in [0.15, 0.2) is 5.65 Å². The number of thiophene rings is 1. The first-order valence-corrected chi connectivity index (χ1v) is 6.40. The second-order valence-corrected chi connectivity index (χ2v) is 4.66. The van der Waals surface area contributed by atoms with Crippen LogP contribution in [0, 0.1) is 0 Å². The van der Waals surface area contributed by atoms with E-state index in [0.29, 0.717) is 18.4 Å². The summed E-state index contributed by atoms with van der Waals surface area (Å²) in [7, 11) is 1.59. The SMILES string of the molecule is COc1ccc2nc(N)n(Cc3ccsc3)c2n1. The number of anilines is 1. The third-order valence-electron chi connectivity index (χ3n) is 2.73. The third-order valence-corrected chi connectivity index (χ3v) is 3.46. The Morgan fingerprint density at radius 2 is 2.22 bits per heavy atom. The zero-order valence-corrected chi connectivity index (χ0v) is 10.6. The molecule has 0 aliphatic rings. The van der Waals surface area contributed by atoms with Gasteiger partial charge >= 0.3 is 0 Å². The Bertz CT molecular complexity index is 675. The lowest BCUT2D eigenvalue weighted by molar-refractivity contribution is 0.399. The van der Waals surface area contributed by atoms with Gasteiger partial charge in [0.2, 0.25) is 11.8 Å². The molecule has 3 rings (SSSR count). The molecule has 18 heavy (non-hydrogen) atoms. The summed E-state index contributed by atoms with van der Waals surface area (Å²) in [6.45, 7) is 0.673. The Hall–Kier alpha value is -2.08. The summed E-state index contributed by atoms with van der Waals surface area (Å²) in [5, 5.41) is 4.13. The monoisotopic (exact) mass is 260 g/mol. The molecule has 5 nitrogen and oxygen atoms in total. The lowest BCUT2D eigenvalue weighted by Gasteiger charge is -2.04. The molecule has 0 aromatic carbocycles. The van der Waals surface area contributed by atoms with Gasteiger partial charge in [-0.1, -0.05) is 0 Å². The average Bonchev–Trinajstić information content (AvgIpc) is 2.99. The molecule has 6 heteroatoms. The van der Waals surface area contributed by atoms with E-state index in [0.717, 1.165) is 11.2 Å². The fourth-order valence-corrected chi connectivity index (χ4v) is 2.50. The fourth-order valence-electron chi connectivity index (χ4n) is 1.84. The Morgan fingerprint density at radius 3 is 2.94 bits per heavy atom. The van der Waals surface area contributed by atoms with Crippen LogP contribution in [0.15, 0.2) is 29.0 Å². The smallest absolute Gasteiger partial charge is 0.215 e. The van der Waals surface area contributed by atoms with E-state index in [4.69, 9.17) is 10.5 Å². The summed E-state index contributed by atoms with van der Waals surface area (Å²) in [4.78, 5) is 8.69. The van der Waals surface area contributed by atoms with Crippen molar-refractivity contribution in [1.29, 1.82) is 0 Å². The molecular formula is C12H12N4OS. The maximum Gasteiger partial charge on any atom is 0.215 e. The molecule has 0 aliphatic heterocycles. The van der Waals surface area contributed by atoms with Gasteiger partial charge in [0.05, 0.1) is 13.7 Å². The molecule has 3 aromatic heterocycles. The first-order chi connectivity index (χ1) is 8.78. The van der Waals surface area contributed by atoms with Crippen LogP contribution in [-0.2, 0) is 6.54 Å². The third kappa shape index (κ3) is 1.80. The molecule has 0 amide bonds. The van der Waals surface area contributed by atoms with Crippen LogP contribution in [0.4, 0.5) is 5.95 Å². The van der Waals surface area contributed by atoms with Crippen molar-refractivity contribution in [3.05, 3.63) is 34.5 Å². The Kier molecular flexibility index (Phi) is 2.64. The quantitative estimate of drug-likeness (QED) is 0.783. The molecule has 0 aliphatic carbocycles. The lowest BCUT2D eigenvalue weighted by Crippen LogP contribution is -2.04. The van der Waals surface area contributed by atoms with E-state index in [9.17, 15) is 0 Å². The molecule has 0 atom stereocenters. The van der Waals surface area contributed by atoms with E-state index in [1.54, 1.807) is 24.5 Å².